The molecule has 0 unspecified atom stereocenters. The van der Waals surface area contributed by atoms with Gasteiger partial charge in [-0.2, -0.15) is 0 Å². The first kappa shape index (κ1) is 18.7. The Morgan fingerprint density at radius 1 is 1.04 bits per heavy atom. The van der Waals surface area contributed by atoms with E-state index in [-0.39, 0.29) is 5.57 Å². The van der Waals surface area contributed by atoms with Gasteiger partial charge in [-0.05, 0) is 48.4 Å². The highest BCUT2D eigenvalue weighted by Crippen LogP contribution is 2.28. The van der Waals surface area contributed by atoms with Crippen LogP contribution >= 0.6 is 11.6 Å². The lowest BCUT2D eigenvalue weighted by molar-refractivity contribution is -0.122. The van der Waals surface area contributed by atoms with Gasteiger partial charge in [0.05, 0.1) is 5.69 Å². The van der Waals surface area contributed by atoms with Crippen molar-refractivity contribution >= 4 is 46.9 Å². The summed E-state index contributed by atoms with van der Waals surface area (Å²) in [6.07, 6.45) is 1.47. The van der Waals surface area contributed by atoms with Gasteiger partial charge in [0.15, 0.2) is 0 Å². The normalized spacial score (nSPS) is 15.9. The van der Waals surface area contributed by atoms with Crippen LogP contribution in [0.15, 0.2) is 48.0 Å². The maximum absolute atomic E-state index is 12.9. The molecule has 2 aromatic carbocycles. The fourth-order valence-corrected chi connectivity index (χ4v) is 2.90. The lowest BCUT2D eigenvalue weighted by Crippen LogP contribution is -2.54. The first-order chi connectivity index (χ1) is 12.8. The number of amides is 4. The average Bonchev–Trinajstić information content (AvgIpc) is 2.61. The molecular weight excluding hydrogens is 366 g/mol. The van der Waals surface area contributed by atoms with E-state index in [2.05, 4.69) is 5.32 Å². The second kappa shape index (κ2) is 7.25. The Bertz CT molecular complexity index is 965. The summed E-state index contributed by atoms with van der Waals surface area (Å²) in [4.78, 5) is 40.3. The predicted octanol–water partition coefficient (Wildman–Crippen LogP) is 3.38. The van der Waals surface area contributed by atoms with Crippen molar-refractivity contribution in [3.05, 3.63) is 64.2 Å². The highest BCUT2D eigenvalue weighted by Gasteiger charge is 2.37. The number of halogens is 1. The molecule has 1 heterocycles. The van der Waals surface area contributed by atoms with Gasteiger partial charge in [-0.15, -0.1) is 0 Å². The van der Waals surface area contributed by atoms with Crippen LogP contribution in [-0.4, -0.2) is 31.9 Å². The molecule has 0 atom stereocenters. The van der Waals surface area contributed by atoms with E-state index in [1.54, 1.807) is 31.2 Å². The monoisotopic (exact) mass is 383 g/mol. The molecule has 0 aromatic heterocycles. The largest absolute Gasteiger partial charge is 0.378 e. The van der Waals surface area contributed by atoms with E-state index in [0.717, 1.165) is 10.6 Å². The third-order valence-corrected chi connectivity index (χ3v) is 4.47. The Labute approximate surface area is 162 Å². The van der Waals surface area contributed by atoms with Crippen LogP contribution in [0.4, 0.5) is 16.2 Å². The van der Waals surface area contributed by atoms with Crippen molar-refractivity contribution in [1.82, 2.24) is 5.32 Å². The summed E-state index contributed by atoms with van der Waals surface area (Å²) < 4.78 is 0. The molecule has 0 saturated carbocycles. The van der Waals surface area contributed by atoms with Gasteiger partial charge in [0, 0.05) is 24.8 Å². The van der Waals surface area contributed by atoms with Crippen LogP contribution in [0.2, 0.25) is 5.02 Å². The molecule has 6 nitrogen and oxygen atoms in total. The quantitative estimate of drug-likeness (QED) is 0.651. The molecule has 1 fully saturated rings. The molecule has 1 saturated heterocycles. The van der Waals surface area contributed by atoms with Crippen molar-refractivity contribution in [2.24, 2.45) is 0 Å². The van der Waals surface area contributed by atoms with Crippen molar-refractivity contribution in [2.75, 3.05) is 23.9 Å². The first-order valence-electron chi connectivity index (χ1n) is 8.23. The van der Waals surface area contributed by atoms with Crippen LogP contribution in [0, 0.1) is 6.92 Å². The standard InChI is InChI=1S/C20H18ClN3O3/c1-12-4-7-14(21)11-17(12)24-19(26)16(18(25)22-20(24)27)10-13-5-8-15(9-6-13)23(2)3/h4-11H,1-3H3,(H,22,25,27)/b16-10+. The maximum Gasteiger partial charge on any atom is 0.335 e. The molecule has 1 aliphatic heterocycles. The van der Waals surface area contributed by atoms with Crippen LogP contribution in [0.5, 0.6) is 0 Å². The summed E-state index contributed by atoms with van der Waals surface area (Å²) in [5.41, 5.74) is 2.57. The van der Waals surface area contributed by atoms with E-state index in [1.165, 1.54) is 12.1 Å². The summed E-state index contributed by atoms with van der Waals surface area (Å²) in [6, 6.07) is 11.5. The number of hydrogen-bond donors (Lipinski definition) is 1. The number of carbonyl (C=O) groups is 3. The van der Waals surface area contributed by atoms with Crippen molar-refractivity contribution in [2.45, 2.75) is 6.92 Å². The van der Waals surface area contributed by atoms with Crippen molar-refractivity contribution in [3.63, 3.8) is 0 Å². The van der Waals surface area contributed by atoms with Gasteiger partial charge >= 0.3 is 6.03 Å². The van der Waals surface area contributed by atoms with Crippen molar-refractivity contribution < 1.29 is 14.4 Å². The zero-order valence-corrected chi connectivity index (χ0v) is 15.9. The van der Waals surface area contributed by atoms with Crippen LogP contribution in [-0.2, 0) is 9.59 Å². The maximum atomic E-state index is 12.9. The van der Waals surface area contributed by atoms with E-state index in [1.807, 2.05) is 31.1 Å². The van der Waals surface area contributed by atoms with Gasteiger partial charge in [-0.3, -0.25) is 14.9 Å². The SMILES string of the molecule is Cc1ccc(Cl)cc1N1C(=O)NC(=O)/C(=C\c2ccc(N(C)C)cc2)C1=O. The van der Waals surface area contributed by atoms with Gasteiger partial charge < -0.3 is 4.90 Å². The number of urea groups is 1. The Kier molecular flexibility index (Phi) is 5.01. The van der Waals surface area contributed by atoms with Gasteiger partial charge in [0.25, 0.3) is 11.8 Å². The number of benzene rings is 2. The molecule has 0 spiro atoms. The van der Waals surface area contributed by atoms with E-state index in [4.69, 9.17) is 11.6 Å². The van der Waals surface area contributed by atoms with Crippen LogP contribution in [0.1, 0.15) is 11.1 Å². The first-order valence-corrected chi connectivity index (χ1v) is 8.60. The number of barbiturate groups is 1. The Balaban J connectivity index is 2.00. The highest BCUT2D eigenvalue weighted by molar-refractivity contribution is 6.39. The Morgan fingerprint density at radius 3 is 2.33 bits per heavy atom. The molecule has 7 heteroatoms. The highest BCUT2D eigenvalue weighted by atomic mass is 35.5. The van der Waals surface area contributed by atoms with E-state index < -0.39 is 17.8 Å². The summed E-state index contributed by atoms with van der Waals surface area (Å²) >= 11 is 6.01. The van der Waals surface area contributed by atoms with Crippen LogP contribution in [0.25, 0.3) is 6.08 Å². The smallest absolute Gasteiger partial charge is 0.335 e. The number of anilines is 2. The topological polar surface area (TPSA) is 69.7 Å². The van der Waals surface area contributed by atoms with Gasteiger partial charge in [0.1, 0.15) is 5.57 Å². The fourth-order valence-electron chi connectivity index (χ4n) is 2.74. The fraction of sp³-hybridized carbons (Fsp3) is 0.150. The molecule has 1 N–H and O–H groups in total. The van der Waals surface area contributed by atoms with E-state index >= 15 is 0 Å². The third-order valence-electron chi connectivity index (χ3n) is 4.23. The number of nitrogens with one attached hydrogen (secondary N) is 1. The Morgan fingerprint density at radius 2 is 1.70 bits per heavy atom. The number of nitrogens with zero attached hydrogens (tertiary/aromatic N) is 2. The number of rotatable bonds is 3. The molecule has 4 amide bonds. The minimum atomic E-state index is -0.796. The van der Waals surface area contributed by atoms with Gasteiger partial charge in [0.2, 0.25) is 0 Å². The van der Waals surface area contributed by atoms with Crippen LogP contribution < -0.4 is 15.1 Å². The van der Waals surface area contributed by atoms with Crippen molar-refractivity contribution in [1.29, 1.82) is 0 Å². The number of aryl methyl sites for hydroxylation is 1. The zero-order valence-electron chi connectivity index (χ0n) is 15.1. The number of hydrogen-bond acceptors (Lipinski definition) is 4. The zero-order chi connectivity index (χ0) is 19.7. The van der Waals surface area contributed by atoms with Crippen molar-refractivity contribution in [3.8, 4) is 0 Å². The molecule has 1 aliphatic rings. The molecule has 3 rings (SSSR count). The van der Waals surface area contributed by atoms with Crippen LogP contribution in [0.3, 0.4) is 0 Å². The van der Waals surface area contributed by atoms with E-state index in [0.29, 0.717) is 21.8 Å². The molecule has 2 aromatic rings. The summed E-state index contributed by atoms with van der Waals surface area (Å²) in [5, 5.41) is 2.60. The lowest BCUT2D eigenvalue weighted by atomic mass is 10.1. The number of carbonyl (C=O) groups excluding carboxylic acids is 3. The minimum absolute atomic E-state index is 0.119. The summed E-state index contributed by atoms with van der Waals surface area (Å²) in [5.74, 6) is -1.41. The third kappa shape index (κ3) is 3.71. The average molecular weight is 384 g/mol. The van der Waals surface area contributed by atoms with E-state index in [9.17, 15) is 14.4 Å². The molecular formula is C20H18ClN3O3. The molecule has 0 bridgehead atoms. The second-order valence-electron chi connectivity index (χ2n) is 6.37. The Hall–Kier alpha value is -3.12. The molecule has 0 radical (unpaired) electrons. The number of imide groups is 2. The predicted molar refractivity (Wildman–Crippen MR) is 106 cm³/mol. The molecule has 0 aliphatic carbocycles. The lowest BCUT2D eigenvalue weighted by Gasteiger charge is -2.27. The molecule has 27 heavy (non-hydrogen) atoms. The minimum Gasteiger partial charge on any atom is -0.378 e. The summed E-state index contributed by atoms with van der Waals surface area (Å²) in [6.45, 7) is 1.76. The molecule has 138 valence electrons. The van der Waals surface area contributed by atoms with Gasteiger partial charge in [-0.25, -0.2) is 9.69 Å². The van der Waals surface area contributed by atoms with Gasteiger partial charge in [-0.1, -0.05) is 29.8 Å². The second-order valence-corrected chi connectivity index (χ2v) is 6.81. The summed E-state index contributed by atoms with van der Waals surface area (Å²) in [7, 11) is 3.84.